The van der Waals surface area contributed by atoms with Crippen molar-refractivity contribution in [1.82, 2.24) is 9.80 Å². The normalized spacial score (nSPS) is 41.8. The highest BCUT2D eigenvalue weighted by Crippen LogP contribution is 2.53. The van der Waals surface area contributed by atoms with Gasteiger partial charge in [0.25, 0.3) is 0 Å². The van der Waals surface area contributed by atoms with Gasteiger partial charge in [-0.15, -0.1) is 0 Å². The van der Waals surface area contributed by atoms with E-state index in [2.05, 4.69) is 9.80 Å². The highest BCUT2D eigenvalue weighted by molar-refractivity contribution is 5.00. The minimum atomic E-state index is -0.187. The van der Waals surface area contributed by atoms with Crippen molar-refractivity contribution >= 4 is 0 Å². The van der Waals surface area contributed by atoms with Crippen LogP contribution in [0, 0.1) is 11.8 Å². The number of alkyl halides is 1. The molecule has 86 valence electrons. The van der Waals surface area contributed by atoms with Crippen molar-refractivity contribution in [2.45, 2.75) is 25.3 Å². The molecule has 3 atom stereocenters. The number of nitrogens with zero attached hydrogens (tertiary/aromatic N) is 2. The average Bonchev–Trinajstić information content (AvgIpc) is 2.87. The summed E-state index contributed by atoms with van der Waals surface area (Å²) in [5.41, 5.74) is 0. The first-order valence-electron chi connectivity index (χ1n) is 6.39. The van der Waals surface area contributed by atoms with E-state index >= 15 is 0 Å². The summed E-state index contributed by atoms with van der Waals surface area (Å²) in [6.45, 7) is 4.96. The lowest BCUT2D eigenvalue weighted by molar-refractivity contribution is 0.0893. The van der Waals surface area contributed by atoms with Gasteiger partial charge in [0.1, 0.15) is 6.67 Å². The fraction of sp³-hybridized carbons (Fsp3) is 1.00. The van der Waals surface area contributed by atoms with Crippen LogP contribution in [-0.4, -0.2) is 55.2 Å². The molecular weight excluding hydrogens is 191 g/mol. The molecule has 0 spiro atoms. The van der Waals surface area contributed by atoms with E-state index in [4.69, 9.17) is 0 Å². The van der Waals surface area contributed by atoms with Crippen molar-refractivity contribution < 1.29 is 4.39 Å². The fourth-order valence-corrected chi connectivity index (χ4v) is 3.45. The molecule has 1 heterocycles. The number of rotatable bonds is 3. The van der Waals surface area contributed by atoms with E-state index in [0.29, 0.717) is 6.54 Å². The summed E-state index contributed by atoms with van der Waals surface area (Å²) in [7, 11) is 0. The van der Waals surface area contributed by atoms with Gasteiger partial charge in [0.05, 0.1) is 0 Å². The summed E-state index contributed by atoms with van der Waals surface area (Å²) in [6.07, 6.45) is 4.42. The zero-order valence-corrected chi connectivity index (χ0v) is 9.37. The van der Waals surface area contributed by atoms with Gasteiger partial charge in [-0.1, -0.05) is 0 Å². The molecule has 0 amide bonds. The quantitative estimate of drug-likeness (QED) is 0.697. The number of hydrogen-bond acceptors (Lipinski definition) is 2. The SMILES string of the molecule is FCCN1CCN(C2C[C@@H]3C[C@@H]3C2)CC1. The van der Waals surface area contributed by atoms with Crippen LogP contribution >= 0.6 is 0 Å². The molecule has 0 aromatic heterocycles. The van der Waals surface area contributed by atoms with Crippen LogP contribution in [0.1, 0.15) is 19.3 Å². The van der Waals surface area contributed by atoms with Gasteiger partial charge in [0.2, 0.25) is 0 Å². The Balaban J connectivity index is 1.45. The third-order valence-electron chi connectivity index (χ3n) is 4.54. The van der Waals surface area contributed by atoms with Crippen molar-refractivity contribution in [1.29, 1.82) is 0 Å². The van der Waals surface area contributed by atoms with Gasteiger partial charge in [-0.05, 0) is 31.1 Å². The molecule has 3 fully saturated rings. The van der Waals surface area contributed by atoms with Crippen LogP contribution in [0.4, 0.5) is 4.39 Å². The Labute approximate surface area is 91.4 Å². The first kappa shape index (κ1) is 10.0. The lowest BCUT2D eigenvalue weighted by atomic mass is 10.1. The van der Waals surface area contributed by atoms with E-state index in [1.54, 1.807) is 0 Å². The van der Waals surface area contributed by atoms with Crippen molar-refractivity contribution in [2.75, 3.05) is 39.4 Å². The summed E-state index contributed by atoms with van der Waals surface area (Å²) in [6, 6.07) is 0.876. The molecule has 0 aromatic rings. The third-order valence-corrected chi connectivity index (χ3v) is 4.54. The maximum absolute atomic E-state index is 12.2. The standard InChI is InChI=1S/C12H21FN2/c13-1-2-14-3-5-15(6-4-14)12-8-10-7-11(10)9-12/h10-12H,1-9H2/t10-,11+,12?. The molecule has 2 nitrogen and oxygen atoms in total. The first-order valence-corrected chi connectivity index (χ1v) is 6.39. The molecule has 1 aliphatic heterocycles. The average molecular weight is 212 g/mol. The number of piperazine rings is 1. The minimum absolute atomic E-state index is 0.187. The van der Waals surface area contributed by atoms with E-state index in [1.165, 1.54) is 32.4 Å². The van der Waals surface area contributed by atoms with E-state index < -0.39 is 0 Å². The summed E-state index contributed by atoms with van der Waals surface area (Å²) >= 11 is 0. The predicted octanol–water partition coefficient (Wildman–Crippen LogP) is 1.37. The largest absolute Gasteiger partial charge is 0.298 e. The molecule has 0 N–H and O–H groups in total. The molecule has 3 heteroatoms. The maximum atomic E-state index is 12.2. The molecule has 1 unspecified atom stereocenters. The van der Waals surface area contributed by atoms with Crippen LogP contribution in [0.5, 0.6) is 0 Å². The molecule has 2 aliphatic carbocycles. The van der Waals surface area contributed by atoms with Gasteiger partial charge in [-0.2, -0.15) is 0 Å². The van der Waals surface area contributed by atoms with Crippen LogP contribution in [0.25, 0.3) is 0 Å². The Hall–Kier alpha value is -0.150. The molecule has 2 saturated carbocycles. The van der Waals surface area contributed by atoms with Crippen molar-refractivity contribution in [2.24, 2.45) is 11.8 Å². The smallest absolute Gasteiger partial charge is 0.102 e. The van der Waals surface area contributed by atoms with Gasteiger partial charge in [-0.25, -0.2) is 4.39 Å². The van der Waals surface area contributed by atoms with Crippen LogP contribution in [0.2, 0.25) is 0 Å². The van der Waals surface area contributed by atoms with E-state index in [9.17, 15) is 4.39 Å². The second-order valence-electron chi connectivity index (χ2n) is 5.45. The highest BCUT2D eigenvalue weighted by Gasteiger charge is 2.47. The van der Waals surface area contributed by atoms with Crippen LogP contribution in [0.3, 0.4) is 0 Å². The Morgan fingerprint density at radius 1 is 0.933 bits per heavy atom. The molecule has 3 aliphatic rings. The minimum Gasteiger partial charge on any atom is -0.298 e. The summed E-state index contributed by atoms with van der Waals surface area (Å²) in [5, 5.41) is 0. The van der Waals surface area contributed by atoms with Crippen LogP contribution in [0.15, 0.2) is 0 Å². The molecule has 1 saturated heterocycles. The van der Waals surface area contributed by atoms with Gasteiger partial charge in [0, 0.05) is 38.8 Å². The topological polar surface area (TPSA) is 6.48 Å². The Morgan fingerprint density at radius 2 is 1.60 bits per heavy atom. The lowest BCUT2D eigenvalue weighted by Gasteiger charge is -2.38. The van der Waals surface area contributed by atoms with Crippen LogP contribution in [-0.2, 0) is 0 Å². The zero-order chi connectivity index (χ0) is 10.3. The third kappa shape index (κ3) is 2.04. The number of halogens is 1. The van der Waals surface area contributed by atoms with Crippen molar-refractivity contribution in [3.63, 3.8) is 0 Å². The Bertz CT molecular complexity index is 216. The van der Waals surface area contributed by atoms with E-state index in [-0.39, 0.29) is 6.67 Å². The molecule has 0 radical (unpaired) electrons. The number of fused-ring (bicyclic) bond motifs is 1. The van der Waals surface area contributed by atoms with Crippen LogP contribution < -0.4 is 0 Å². The van der Waals surface area contributed by atoms with Crippen molar-refractivity contribution in [3.8, 4) is 0 Å². The van der Waals surface area contributed by atoms with Gasteiger partial charge >= 0.3 is 0 Å². The number of hydrogen-bond donors (Lipinski definition) is 0. The first-order chi connectivity index (χ1) is 7.36. The van der Waals surface area contributed by atoms with Gasteiger partial charge in [0.15, 0.2) is 0 Å². The molecular formula is C12H21FN2. The summed E-state index contributed by atoms with van der Waals surface area (Å²) in [5.74, 6) is 2.16. The fourth-order valence-electron chi connectivity index (χ4n) is 3.45. The molecule has 0 aromatic carbocycles. The maximum Gasteiger partial charge on any atom is 0.102 e. The van der Waals surface area contributed by atoms with Gasteiger partial charge in [-0.3, -0.25) is 9.80 Å². The zero-order valence-electron chi connectivity index (χ0n) is 9.37. The van der Waals surface area contributed by atoms with Crippen molar-refractivity contribution in [3.05, 3.63) is 0 Å². The second-order valence-corrected chi connectivity index (χ2v) is 5.45. The molecule has 15 heavy (non-hydrogen) atoms. The van der Waals surface area contributed by atoms with Gasteiger partial charge < -0.3 is 0 Å². The summed E-state index contributed by atoms with van der Waals surface area (Å²) in [4.78, 5) is 4.91. The predicted molar refractivity (Wildman–Crippen MR) is 58.6 cm³/mol. The van der Waals surface area contributed by atoms with E-state index in [1.807, 2.05) is 0 Å². The molecule has 3 rings (SSSR count). The highest BCUT2D eigenvalue weighted by atomic mass is 19.1. The Kier molecular flexibility index (Phi) is 2.69. The van der Waals surface area contributed by atoms with E-state index in [0.717, 1.165) is 31.0 Å². The monoisotopic (exact) mass is 212 g/mol. The molecule has 0 bridgehead atoms. The second kappa shape index (κ2) is 4.02. The Morgan fingerprint density at radius 3 is 2.20 bits per heavy atom. The lowest BCUT2D eigenvalue weighted by Crippen LogP contribution is -2.50. The summed E-state index contributed by atoms with van der Waals surface area (Å²) < 4.78 is 12.2.